The molecule has 2 aromatic carbocycles. The number of nitrogens with zero attached hydrogens (tertiary/aromatic N) is 2. The number of alkyl halides is 3. The minimum absolute atomic E-state index is 0.0624. The number of aromatic nitrogens is 1. The van der Waals surface area contributed by atoms with Crippen molar-refractivity contribution in [3.8, 4) is 16.9 Å². The Morgan fingerprint density at radius 1 is 1.08 bits per heavy atom. The number of benzene rings is 2. The van der Waals surface area contributed by atoms with Crippen LogP contribution in [-0.2, 0) is 20.8 Å². The number of anilines is 1. The predicted molar refractivity (Wildman–Crippen MR) is 122 cm³/mol. The van der Waals surface area contributed by atoms with Gasteiger partial charge in [0, 0.05) is 35.2 Å². The molecule has 0 aliphatic rings. The highest BCUT2D eigenvalue weighted by atomic mass is 32.2. The molecule has 0 atom stereocenters. The van der Waals surface area contributed by atoms with Gasteiger partial charge in [0.2, 0.25) is 5.91 Å². The maximum Gasteiger partial charge on any atom is 0.416 e. The summed E-state index contributed by atoms with van der Waals surface area (Å²) >= 11 is 0. The van der Waals surface area contributed by atoms with Gasteiger partial charge in [-0.05, 0) is 36.4 Å². The van der Waals surface area contributed by atoms with Crippen LogP contribution in [0.1, 0.15) is 15.9 Å². The largest absolute Gasteiger partial charge is 0.496 e. The Morgan fingerprint density at radius 2 is 1.78 bits per heavy atom. The van der Waals surface area contributed by atoms with Crippen molar-refractivity contribution >= 4 is 27.3 Å². The van der Waals surface area contributed by atoms with Crippen molar-refractivity contribution in [3.63, 3.8) is 0 Å². The maximum absolute atomic E-state index is 13.7. The van der Waals surface area contributed by atoms with Gasteiger partial charge < -0.3 is 10.5 Å². The monoisotopic (exact) mass is 525 g/mol. The molecule has 13 heteroatoms. The van der Waals surface area contributed by atoms with Crippen LogP contribution in [0.25, 0.3) is 11.1 Å². The van der Waals surface area contributed by atoms with Gasteiger partial charge in [-0.2, -0.15) is 13.2 Å². The average molecular weight is 525 g/mol. The van der Waals surface area contributed by atoms with Crippen molar-refractivity contribution in [1.29, 1.82) is 0 Å². The van der Waals surface area contributed by atoms with E-state index in [-0.39, 0.29) is 22.6 Å². The molecule has 0 bridgehead atoms. The first kappa shape index (κ1) is 26.6. The number of methoxy groups -OCH3 is 1. The highest BCUT2D eigenvalue weighted by Gasteiger charge is 2.34. The summed E-state index contributed by atoms with van der Waals surface area (Å²) in [5.74, 6) is -2.72. The van der Waals surface area contributed by atoms with Gasteiger partial charge in [-0.1, -0.05) is 0 Å². The first-order valence-corrected chi connectivity index (χ1v) is 11.9. The fourth-order valence-corrected chi connectivity index (χ4v) is 4.08. The summed E-state index contributed by atoms with van der Waals surface area (Å²) in [6, 6.07) is 6.60. The molecule has 0 aliphatic heterocycles. The maximum atomic E-state index is 13.7. The van der Waals surface area contributed by atoms with E-state index in [1.807, 2.05) is 0 Å². The smallest absolute Gasteiger partial charge is 0.416 e. The van der Waals surface area contributed by atoms with E-state index in [9.17, 15) is 35.6 Å². The molecule has 190 valence electrons. The number of hydrogen-bond acceptors (Lipinski definition) is 6. The second-order valence-electron chi connectivity index (χ2n) is 7.61. The molecule has 3 aromatic rings. The van der Waals surface area contributed by atoms with Gasteiger partial charge in [0.15, 0.2) is 9.84 Å². The Balaban J connectivity index is 2.25. The Bertz CT molecular complexity index is 1440. The number of sulfone groups is 1. The number of primary amides is 1. The minimum atomic E-state index is -4.97. The van der Waals surface area contributed by atoms with Crippen molar-refractivity contribution < 1.29 is 40.3 Å². The number of carbonyl (C=O) groups is 2. The molecule has 0 saturated carbocycles. The molecule has 3 rings (SSSR count). The van der Waals surface area contributed by atoms with E-state index in [4.69, 9.17) is 10.5 Å². The molecular weight excluding hydrogens is 506 g/mol. The van der Waals surface area contributed by atoms with Crippen LogP contribution in [0.15, 0.2) is 59.8 Å². The van der Waals surface area contributed by atoms with Crippen molar-refractivity contribution in [2.24, 2.45) is 5.73 Å². The summed E-state index contributed by atoms with van der Waals surface area (Å²) in [4.78, 5) is 29.3. The summed E-state index contributed by atoms with van der Waals surface area (Å²) in [6.07, 6.45) is -1.78. The normalized spacial score (nSPS) is 11.7. The molecule has 0 unspecified atom stereocenters. The highest BCUT2D eigenvalue weighted by Crippen LogP contribution is 2.38. The Labute approximate surface area is 203 Å². The third-order valence-electron chi connectivity index (χ3n) is 5.01. The van der Waals surface area contributed by atoms with Gasteiger partial charge in [0.25, 0.3) is 5.91 Å². The van der Waals surface area contributed by atoms with E-state index in [1.165, 1.54) is 25.4 Å². The zero-order valence-electron chi connectivity index (χ0n) is 18.8. The molecule has 8 nitrogen and oxygen atoms in total. The number of nitrogens with two attached hydrogens (primary N) is 1. The summed E-state index contributed by atoms with van der Waals surface area (Å²) in [7, 11) is -2.87. The summed E-state index contributed by atoms with van der Waals surface area (Å²) in [6.45, 7) is -0.786. The van der Waals surface area contributed by atoms with Crippen LogP contribution in [0.3, 0.4) is 0 Å². The van der Waals surface area contributed by atoms with Gasteiger partial charge in [-0.25, -0.2) is 12.8 Å². The van der Waals surface area contributed by atoms with Gasteiger partial charge >= 0.3 is 6.18 Å². The van der Waals surface area contributed by atoms with Crippen molar-refractivity contribution in [3.05, 3.63) is 71.8 Å². The number of hydrogen-bond donors (Lipinski definition) is 1. The van der Waals surface area contributed by atoms with Crippen LogP contribution < -0.4 is 15.4 Å². The fraction of sp³-hybridized carbons (Fsp3) is 0.174. The van der Waals surface area contributed by atoms with Crippen LogP contribution in [0.5, 0.6) is 5.75 Å². The Morgan fingerprint density at radius 3 is 2.36 bits per heavy atom. The third kappa shape index (κ3) is 5.79. The molecule has 0 saturated heterocycles. The van der Waals surface area contributed by atoms with Crippen LogP contribution >= 0.6 is 0 Å². The molecule has 36 heavy (non-hydrogen) atoms. The van der Waals surface area contributed by atoms with Gasteiger partial charge in [0.05, 0.1) is 29.5 Å². The van der Waals surface area contributed by atoms with E-state index < -0.39 is 56.2 Å². The summed E-state index contributed by atoms with van der Waals surface area (Å²) in [5.41, 5.74) is 3.70. The average Bonchev–Trinajstić information content (AvgIpc) is 2.80. The summed E-state index contributed by atoms with van der Waals surface area (Å²) in [5, 5.41) is 0. The lowest BCUT2D eigenvalue weighted by molar-refractivity contribution is -0.137. The second-order valence-corrected chi connectivity index (χ2v) is 9.63. The number of rotatable bonds is 7. The molecule has 0 fully saturated rings. The first-order valence-electron chi connectivity index (χ1n) is 10.0. The lowest BCUT2D eigenvalue weighted by atomic mass is 10.0. The molecule has 0 spiro atoms. The van der Waals surface area contributed by atoms with Crippen molar-refractivity contribution in [2.45, 2.75) is 11.1 Å². The van der Waals surface area contributed by atoms with Crippen LogP contribution in [-0.4, -0.2) is 45.1 Å². The Hall–Kier alpha value is -4.00. The summed E-state index contributed by atoms with van der Waals surface area (Å²) < 4.78 is 83.4. The number of halogens is 4. The SMILES string of the molecule is COc1cc(F)ccc1-c1ccncc1N(CC(N)=O)C(=O)c1cc(C(F)(F)F)cc(S(C)(=O)=O)c1. The second kappa shape index (κ2) is 9.93. The standard InChI is InChI=1S/C23H19F4N3O5S/c1-35-20-10-15(24)3-4-18(20)17-5-6-29-11-19(17)30(12-21(28)31)22(32)13-7-14(23(25,26)27)9-16(8-13)36(2,33)34/h3-11H,12H2,1-2H3,(H2,28,31). The number of amides is 2. The zero-order valence-corrected chi connectivity index (χ0v) is 19.7. The van der Waals surface area contributed by atoms with E-state index in [0.717, 1.165) is 29.3 Å². The van der Waals surface area contributed by atoms with Gasteiger partial charge in [0.1, 0.15) is 18.1 Å². The van der Waals surface area contributed by atoms with E-state index in [2.05, 4.69) is 4.98 Å². The van der Waals surface area contributed by atoms with Crippen molar-refractivity contribution in [2.75, 3.05) is 24.8 Å². The van der Waals surface area contributed by atoms with Crippen LogP contribution in [0, 0.1) is 5.82 Å². The van der Waals surface area contributed by atoms with Crippen molar-refractivity contribution in [1.82, 2.24) is 4.98 Å². The molecular formula is C23H19F4N3O5S. The molecule has 1 heterocycles. The van der Waals surface area contributed by atoms with Gasteiger partial charge in [-0.15, -0.1) is 0 Å². The van der Waals surface area contributed by atoms with Crippen LogP contribution in [0.4, 0.5) is 23.2 Å². The molecule has 1 aromatic heterocycles. The van der Waals surface area contributed by atoms with Gasteiger partial charge in [-0.3, -0.25) is 19.5 Å². The molecule has 0 radical (unpaired) electrons. The quantitative estimate of drug-likeness (QED) is 0.472. The topological polar surface area (TPSA) is 120 Å². The first-order chi connectivity index (χ1) is 16.7. The van der Waals surface area contributed by atoms with E-state index >= 15 is 0 Å². The zero-order chi connectivity index (χ0) is 26.8. The Kier molecular flexibility index (Phi) is 7.34. The molecule has 2 amide bonds. The van der Waals surface area contributed by atoms with E-state index in [0.29, 0.717) is 18.4 Å². The number of carbonyl (C=O) groups excluding carboxylic acids is 2. The van der Waals surface area contributed by atoms with E-state index in [1.54, 1.807) is 0 Å². The molecule has 2 N–H and O–H groups in total. The number of ether oxygens (including phenoxy) is 1. The molecule has 0 aliphatic carbocycles. The predicted octanol–water partition coefficient (Wildman–Crippen LogP) is 3.45. The highest BCUT2D eigenvalue weighted by molar-refractivity contribution is 7.90. The fourth-order valence-electron chi connectivity index (χ4n) is 3.39. The van der Waals surface area contributed by atoms with Crippen LogP contribution in [0.2, 0.25) is 0 Å². The lowest BCUT2D eigenvalue weighted by Crippen LogP contribution is -2.39. The minimum Gasteiger partial charge on any atom is -0.496 e. The lowest BCUT2D eigenvalue weighted by Gasteiger charge is -2.25. The number of pyridine rings is 1. The third-order valence-corrected chi connectivity index (χ3v) is 6.10.